The maximum atomic E-state index is 13.0. The van der Waals surface area contributed by atoms with E-state index in [0.717, 1.165) is 43.8 Å². The van der Waals surface area contributed by atoms with Crippen LogP contribution in [-0.4, -0.2) is 31.0 Å². The number of hydrogen-bond acceptors (Lipinski definition) is 3. The van der Waals surface area contributed by atoms with Crippen LogP contribution >= 0.6 is 0 Å². The van der Waals surface area contributed by atoms with Gasteiger partial charge >= 0.3 is 0 Å². The van der Waals surface area contributed by atoms with Crippen molar-refractivity contribution in [2.24, 2.45) is 5.92 Å². The third kappa shape index (κ3) is 5.68. The van der Waals surface area contributed by atoms with E-state index in [9.17, 15) is 4.79 Å². The third-order valence-electron chi connectivity index (χ3n) is 6.68. The first kappa shape index (κ1) is 23.3. The lowest BCUT2D eigenvalue weighted by atomic mass is 9.92. The minimum absolute atomic E-state index is 0.0131. The number of amides is 1. The fourth-order valence-electron chi connectivity index (χ4n) is 4.60. The van der Waals surface area contributed by atoms with Crippen LogP contribution < -0.4 is 10.1 Å². The van der Waals surface area contributed by atoms with Crippen molar-refractivity contribution < 1.29 is 9.53 Å². The maximum absolute atomic E-state index is 13.0. The molecule has 0 unspecified atom stereocenters. The Morgan fingerprint density at radius 2 is 1.74 bits per heavy atom. The highest BCUT2D eigenvalue weighted by Crippen LogP contribution is 2.32. The number of hydrogen-bond donors (Lipinski definition) is 1. The Hall–Kier alpha value is -2.33. The fraction of sp³-hybridized carbons (Fsp3) is 0.519. The van der Waals surface area contributed by atoms with Gasteiger partial charge in [-0.15, -0.1) is 0 Å². The van der Waals surface area contributed by atoms with E-state index in [1.165, 1.54) is 22.3 Å². The summed E-state index contributed by atoms with van der Waals surface area (Å²) in [7, 11) is 1.72. The molecule has 1 saturated heterocycles. The second-order valence-electron chi connectivity index (χ2n) is 9.31. The highest BCUT2D eigenvalue weighted by Gasteiger charge is 2.27. The highest BCUT2D eigenvalue weighted by molar-refractivity contribution is 5.79. The van der Waals surface area contributed by atoms with Gasteiger partial charge in [0.2, 0.25) is 5.91 Å². The molecule has 2 aromatic carbocycles. The molecule has 1 N–H and O–H groups in total. The Morgan fingerprint density at radius 3 is 2.35 bits per heavy atom. The summed E-state index contributed by atoms with van der Waals surface area (Å²) in [6.07, 6.45) is 1.84. The molecule has 0 aliphatic carbocycles. The molecule has 0 radical (unpaired) electrons. The Labute approximate surface area is 188 Å². The lowest BCUT2D eigenvalue weighted by Crippen LogP contribution is -2.41. The average Bonchev–Trinajstić information content (AvgIpc) is 2.75. The van der Waals surface area contributed by atoms with Crippen molar-refractivity contribution in [2.75, 3.05) is 20.2 Å². The van der Waals surface area contributed by atoms with E-state index < -0.39 is 0 Å². The summed E-state index contributed by atoms with van der Waals surface area (Å²) in [6, 6.07) is 12.9. The minimum Gasteiger partial charge on any atom is -0.496 e. The van der Waals surface area contributed by atoms with Crippen LogP contribution in [0.5, 0.6) is 5.75 Å². The molecule has 4 nitrogen and oxygen atoms in total. The van der Waals surface area contributed by atoms with Gasteiger partial charge in [-0.1, -0.05) is 38.1 Å². The average molecular weight is 423 g/mol. The predicted molar refractivity (Wildman–Crippen MR) is 128 cm³/mol. The van der Waals surface area contributed by atoms with E-state index in [1.807, 2.05) is 0 Å². The summed E-state index contributed by atoms with van der Waals surface area (Å²) < 4.78 is 5.57. The molecular formula is C27H38N2O2. The number of nitrogens with zero attached hydrogens (tertiary/aromatic N) is 1. The molecule has 2 aromatic rings. The Bertz CT molecular complexity index is 898. The maximum Gasteiger partial charge on any atom is 0.223 e. The second kappa shape index (κ2) is 10.3. The number of benzene rings is 2. The van der Waals surface area contributed by atoms with Crippen LogP contribution in [0.25, 0.3) is 0 Å². The van der Waals surface area contributed by atoms with E-state index in [0.29, 0.717) is 5.92 Å². The molecule has 168 valence electrons. The zero-order chi connectivity index (χ0) is 22.5. The molecule has 4 heteroatoms. The normalized spacial score (nSPS) is 16.4. The van der Waals surface area contributed by atoms with Gasteiger partial charge in [-0.2, -0.15) is 0 Å². The topological polar surface area (TPSA) is 41.6 Å². The van der Waals surface area contributed by atoms with E-state index in [2.05, 4.69) is 81.2 Å². The molecule has 31 heavy (non-hydrogen) atoms. The summed E-state index contributed by atoms with van der Waals surface area (Å²) in [5, 5.41) is 3.29. The molecule has 1 heterocycles. The molecule has 1 amide bonds. The minimum atomic E-state index is -0.0131. The number of carbonyl (C=O) groups is 1. The van der Waals surface area contributed by atoms with Gasteiger partial charge in [0.15, 0.2) is 0 Å². The summed E-state index contributed by atoms with van der Waals surface area (Å²) >= 11 is 0. The molecule has 1 aliphatic heterocycles. The zero-order valence-electron chi connectivity index (χ0n) is 20.0. The Balaban J connectivity index is 1.58. The summed E-state index contributed by atoms with van der Waals surface area (Å²) in [4.78, 5) is 15.5. The van der Waals surface area contributed by atoms with Crippen molar-refractivity contribution in [2.45, 2.75) is 66.0 Å². The van der Waals surface area contributed by atoms with Gasteiger partial charge in [-0.3, -0.25) is 9.69 Å². The molecule has 0 saturated carbocycles. The van der Waals surface area contributed by atoms with E-state index in [4.69, 9.17) is 4.74 Å². The molecule has 1 fully saturated rings. The summed E-state index contributed by atoms with van der Waals surface area (Å²) in [5.41, 5.74) is 6.24. The van der Waals surface area contributed by atoms with Gasteiger partial charge in [0.25, 0.3) is 0 Å². The van der Waals surface area contributed by atoms with Gasteiger partial charge in [0, 0.05) is 12.5 Å². The van der Waals surface area contributed by atoms with Crippen LogP contribution in [-0.2, 0) is 11.3 Å². The van der Waals surface area contributed by atoms with Gasteiger partial charge in [0.05, 0.1) is 13.2 Å². The fourth-order valence-corrected chi connectivity index (χ4v) is 4.60. The zero-order valence-corrected chi connectivity index (χ0v) is 20.0. The third-order valence-corrected chi connectivity index (χ3v) is 6.68. The number of ether oxygens (including phenoxy) is 1. The van der Waals surface area contributed by atoms with E-state index >= 15 is 0 Å². The Morgan fingerprint density at radius 1 is 1.06 bits per heavy atom. The number of methoxy groups -OCH3 is 1. The van der Waals surface area contributed by atoms with Gasteiger partial charge in [0.1, 0.15) is 5.75 Å². The first-order valence-electron chi connectivity index (χ1n) is 11.6. The summed E-state index contributed by atoms with van der Waals surface area (Å²) in [5.74, 6) is 1.58. The van der Waals surface area contributed by atoms with Crippen molar-refractivity contribution in [3.05, 3.63) is 64.2 Å². The highest BCUT2D eigenvalue weighted by atomic mass is 16.5. The van der Waals surface area contributed by atoms with Crippen molar-refractivity contribution in [1.29, 1.82) is 0 Å². The SMILES string of the molecule is COc1cc(C)c([C@H](C)NC(=O)C2CCN(Cc3ccccc3C)CC2)cc1C(C)C. The van der Waals surface area contributed by atoms with Crippen LogP contribution in [0.15, 0.2) is 36.4 Å². The first-order valence-corrected chi connectivity index (χ1v) is 11.6. The number of rotatable bonds is 7. The standard InChI is InChI=1S/C27H38N2O2/c1-18(2)24-16-25(20(4)15-26(24)31-6)21(5)28-27(30)22-11-13-29(14-12-22)17-23-10-8-7-9-19(23)3/h7-10,15-16,18,21-22H,11-14,17H2,1-6H3,(H,28,30)/t21-/m0/s1. The Kier molecular flexibility index (Phi) is 7.77. The van der Waals surface area contributed by atoms with Crippen molar-refractivity contribution in [3.63, 3.8) is 0 Å². The molecule has 1 atom stereocenters. The van der Waals surface area contributed by atoms with Crippen LogP contribution in [0.2, 0.25) is 0 Å². The van der Waals surface area contributed by atoms with Crippen LogP contribution in [0.1, 0.15) is 73.4 Å². The van der Waals surface area contributed by atoms with Gasteiger partial charge in [-0.05, 0) is 92.6 Å². The number of likely N-dealkylation sites (tertiary alicyclic amines) is 1. The first-order chi connectivity index (χ1) is 14.8. The van der Waals surface area contributed by atoms with E-state index in [-0.39, 0.29) is 17.9 Å². The smallest absolute Gasteiger partial charge is 0.223 e. The largest absolute Gasteiger partial charge is 0.496 e. The number of carbonyl (C=O) groups excluding carboxylic acids is 1. The molecule has 0 spiro atoms. The van der Waals surface area contributed by atoms with Gasteiger partial charge in [-0.25, -0.2) is 0 Å². The number of piperidine rings is 1. The van der Waals surface area contributed by atoms with Crippen molar-refractivity contribution in [1.82, 2.24) is 10.2 Å². The molecule has 1 aliphatic rings. The number of nitrogens with one attached hydrogen (secondary N) is 1. The predicted octanol–water partition coefficient (Wildman–Crippen LogP) is 5.52. The second-order valence-corrected chi connectivity index (χ2v) is 9.31. The van der Waals surface area contributed by atoms with Crippen molar-refractivity contribution >= 4 is 5.91 Å². The lowest BCUT2D eigenvalue weighted by molar-refractivity contribution is -0.127. The van der Waals surface area contributed by atoms with Crippen LogP contribution in [0.4, 0.5) is 0 Å². The van der Waals surface area contributed by atoms with Crippen molar-refractivity contribution in [3.8, 4) is 5.75 Å². The van der Waals surface area contributed by atoms with Gasteiger partial charge < -0.3 is 10.1 Å². The monoisotopic (exact) mass is 422 g/mol. The lowest BCUT2D eigenvalue weighted by Gasteiger charge is -2.32. The number of aryl methyl sites for hydroxylation is 2. The quantitative estimate of drug-likeness (QED) is 0.638. The van der Waals surface area contributed by atoms with Crippen LogP contribution in [0, 0.1) is 19.8 Å². The summed E-state index contributed by atoms with van der Waals surface area (Å²) in [6.45, 7) is 13.6. The molecule has 0 bridgehead atoms. The van der Waals surface area contributed by atoms with E-state index in [1.54, 1.807) is 7.11 Å². The molecule has 3 rings (SSSR count). The molecular weight excluding hydrogens is 384 g/mol. The van der Waals surface area contributed by atoms with Crippen LogP contribution in [0.3, 0.4) is 0 Å². The molecule has 0 aromatic heterocycles.